The van der Waals surface area contributed by atoms with Crippen LogP contribution in [0, 0.1) is 6.92 Å². The maximum atomic E-state index is 12.8. The molecule has 0 aliphatic rings. The fraction of sp³-hybridized carbons (Fsp3) is 0.261. The zero-order chi connectivity index (χ0) is 20.8. The first-order chi connectivity index (χ1) is 14.0. The number of halogens is 1. The van der Waals surface area contributed by atoms with E-state index in [9.17, 15) is 9.59 Å². The molecule has 29 heavy (non-hydrogen) atoms. The number of Topliss-reactive ketones (excluding diaryl/α,β-unsaturated/α-hetero) is 1. The van der Waals surface area contributed by atoms with Gasteiger partial charge in [0.15, 0.2) is 5.78 Å². The Kier molecular flexibility index (Phi) is 6.99. The molecule has 0 unspecified atom stereocenters. The Morgan fingerprint density at radius 3 is 2.62 bits per heavy atom. The lowest BCUT2D eigenvalue weighted by molar-refractivity contribution is 0.0978. The van der Waals surface area contributed by atoms with Gasteiger partial charge >= 0.3 is 0 Å². The molecule has 0 N–H and O–H groups in total. The third kappa shape index (κ3) is 5.64. The SMILES string of the molecule is COc1cccc(Cc2cc(C)nn(CCCC(=O)c3ccc(Br)cc3)c2=O)c1. The molecule has 150 valence electrons. The lowest BCUT2D eigenvalue weighted by Gasteiger charge is -2.10. The summed E-state index contributed by atoms with van der Waals surface area (Å²) >= 11 is 3.37. The van der Waals surface area contributed by atoms with Crippen LogP contribution >= 0.6 is 15.9 Å². The van der Waals surface area contributed by atoms with E-state index in [1.165, 1.54) is 4.68 Å². The third-order valence-electron chi connectivity index (χ3n) is 4.64. The number of nitrogens with zero attached hydrogens (tertiary/aromatic N) is 2. The summed E-state index contributed by atoms with van der Waals surface area (Å²) in [5, 5.41) is 4.35. The number of methoxy groups -OCH3 is 1. The van der Waals surface area contributed by atoms with E-state index >= 15 is 0 Å². The van der Waals surface area contributed by atoms with Crippen molar-refractivity contribution in [3.8, 4) is 5.75 Å². The number of aryl methyl sites for hydroxylation is 2. The van der Waals surface area contributed by atoms with Crippen molar-refractivity contribution in [2.75, 3.05) is 7.11 Å². The van der Waals surface area contributed by atoms with Crippen molar-refractivity contribution >= 4 is 21.7 Å². The van der Waals surface area contributed by atoms with Gasteiger partial charge in [0, 0.05) is 35.0 Å². The van der Waals surface area contributed by atoms with Crippen molar-refractivity contribution < 1.29 is 9.53 Å². The van der Waals surface area contributed by atoms with Crippen LogP contribution in [0.4, 0.5) is 0 Å². The second-order valence-electron chi connectivity index (χ2n) is 6.90. The number of benzene rings is 2. The summed E-state index contributed by atoms with van der Waals surface area (Å²) in [6.07, 6.45) is 1.44. The molecular formula is C23H23BrN2O3. The van der Waals surface area contributed by atoms with Crippen LogP contribution in [0.25, 0.3) is 0 Å². The van der Waals surface area contributed by atoms with Crippen LogP contribution in [0.3, 0.4) is 0 Å². The van der Waals surface area contributed by atoms with Crippen LogP contribution in [0.15, 0.2) is 63.9 Å². The van der Waals surface area contributed by atoms with Gasteiger partial charge in [0.05, 0.1) is 12.8 Å². The van der Waals surface area contributed by atoms with Gasteiger partial charge < -0.3 is 4.74 Å². The summed E-state index contributed by atoms with van der Waals surface area (Å²) < 4.78 is 7.67. The monoisotopic (exact) mass is 454 g/mol. The summed E-state index contributed by atoms with van der Waals surface area (Å²) in [7, 11) is 1.62. The lowest BCUT2D eigenvalue weighted by Crippen LogP contribution is -2.27. The molecule has 0 radical (unpaired) electrons. The predicted molar refractivity (Wildman–Crippen MR) is 117 cm³/mol. The molecule has 0 fully saturated rings. The van der Waals surface area contributed by atoms with Gasteiger partial charge in [0.25, 0.3) is 5.56 Å². The van der Waals surface area contributed by atoms with E-state index in [1.807, 2.05) is 49.4 Å². The molecule has 6 heteroatoms. The Hall–Kier alpha value is -2.73. The quantitative estimate of drug-likeness (QED) is 0.467. The number of rotatable bonds is 8. The first kappa shape index (κ1) is 21.0. The average molecular weight is 455 g/mol. The van der Waals surface area contributed by atoms with Crippen molar-refractivity contribution in [3.05, 3.63) is 91.8 Å². The number of hydrogen-bond donors (Lipinski definition) is 0. The van der Waals surface area contributed by atoms with Gasteiger partial charge in [-0.05, 0) is 49.2 Å². The van der Waals surface area contributed by atoms with Crippen LogP contribution in [-0.4, -0.2) is 22.7 Å². The number of carbonyl (C=O) groups excluding carboxylic acids is 1. The van der Waals surface area contributed by atoms with E-state index in [4.69, 9.17) is 4.74 Å². The maximum absolute atomic E-state index is 12.8. The highest BCUT2D eigenvalue weighted by Gasteiger charge is 2.10. The normalized spacial score (nSPS) is 10.7. The molecule has 0 saturated heterocycles. The number of hydrogen-bond acceptors (Lipinski definition) is 4. The highest BCUT2D eigenvalue weighted by Crippen LogP contribution is 2.15. The Balaban J connectivity index is 1.69. The van der Waals surface area contributed by atoms with E-state index in [1.54, 1.807) is 19.2 Å². The zero-order valence-electron chi connectivity index (χ0n) is 16.5. The minimum absolute atomic E-state index is 0.0646. The topological polar surface area (TPSA) is 61.2 Å². The number of ketones is 1. The smallest absolute Gasteiger partial charge is 0.270 e. The molecule has 3 aromatic rings. The first-order valence-corrected chi connectivity index (χ1v) is 10.2. The number of carbonyl (C=O) groups is 1. The van der Waals surface area contributed by atoms with Gasteiger partial charge in [-0.2, -0.15) is 5.10 Å². The minimum Gasteiger partial charge on any atom is -0.497 e. The standard InChI is InChI=1S/C23H23BrN2O3/c1-16-13-19(14-17-5-3-6-21(15-17)29-2)23(28)26(25-16)12-4-7-22(27)18-8-10-20(24)11-9-18/h3,5-6,8-11,13,15H,4,7,12,14H2,1-2H3. The van der Waals surface area contributed by atoms with E-state index in [0.29, 0.717) is 36.9 Å². The third-order valence-corrected chi connectivity index (χ3v) is 5.17. The van der Waals surface area contributed by atoms with Gasteiger partial charge in [0.2, 0.25) is 0 Å². The second-order valence-corrected chi connectivity index (χ2v) is 7.82. The van der Waals surface area contributed by atoms with Crippen molar-refractivity contribution in [1.82, 2.24) is 9.78 Å². The molecule has 1 heterocycles. The van der Waals surface area contributed by atoms with Crippen LogP contribution < -0.4 is 10.3 Å². The second kappa shape index (κ2) is 9.65. The molecule has 0 bridgehead atoms. The van der Waals surface area contributed by atoms with Crippen LogP contribution in [0.5, 0.6) is 5.75 Å². The molecular weight excluding hydrogens is 432 g/mol. The van der Waals surface area contributed by atoms with Gasteiger partial charge in [0.1, 0.15) is 5.75 Å². The Labute approximate surface area is 178 Å². The molecule has 0 aliphatic heterocycles. The highest BCUT2D eigenvalue weighted by molar-refractivity contribution is 9.10. The Morgan fingerprint density at radius 1 is 1.14 bits per heavy atom. The molecule has 0 spiro atoms. The van der Waals surface area contributed by atoms with Crippen molar-refractivity contribution in [1.29, 1.82) is 0 Å². The molecule has 0 atom stereocenters. The molecule has 0 amide bonds. The highest BCUT2D eigenvalue weighted by atomic mass is 79.9. The fourth-order valence-corrected chi connectivity index (χ4v) is 3.46. The lowest BCUT2D eigenvalue weighted by atomic mass is 10.1. The van der Waals surface area contributed by atoms with E-state index in [2.05, 4.69) is 21.0 Å². The van der Waals surface area contributed by atoms with Crippen molar-refractivity contribution in [2.45, 2.75) is 32.7 Å². The molecule has 1 aromatic heterocycles. The zero-order valence-corrected chi connectivity index (χ0v) is 18.1. The average Bonchev–Trinajstić information content (AvgIpc) is 2.71. The van der Waals surface area contributed by atoms with E-state index in [0.717, 1.165) is 21.5 Å². The molecule has 0 saturated carbocycles. The van der Waals surface area contributed by atoms with Crippen LogP contribution in [-0.2, 0) is 13.0 Å². The van der Waals surface area contributed by atoms with Gasteiger partial charge in [-0.15, -0.1) is 0 Å². The summed E-state index contributed by atoms with van der Waals surface area (Å²) in [4.78, 5) is 25.2. The molecule has 0 aliphatic carbocycles. The summed E-state index contributed by atoms with van der Waals surface area (Å²) in [5.74, 6) is 0.829. The predicted octanol–water partition coefficient (Wildman–Crippen LogP) is 4.58. The largest absolute Gasteiger partial charge is 0.497 e. The minimum atomic E-state index is -0.116. The Bertz CT molecular complexity index is 1060. The molecule has 2 aromatic carbocycles. The Morgan fingerprint density at radius 2 is 1.90 bits per heavy atom. The van der Waals surface area contributed by atoms with Gasteiger partial charge in [-0.1, -0.05) is 40.2 Å². The van der Waals surface area contributed by atoms with Gasteiger partial charge in [-0.3, -0.25) is 9.59 Å². The van der Waals surface area contributed by atoms with E-state index in [-0.39, 0.29) is 11.3 Å². The maximum Gasteiger partial charge on any atom is 0.270 e. The van der Waals surface area contributed by atoms with Gasteiger partial charge in [-0.25, -0.2) is 4.68 Å². The number of aromatic nitrogens is 2. The summed E-state index contributed by atoms with van der Waals surface area (Å²) in [6, 6.07) is 16.8. The number of ether oxygens (including phenoxy) is 1. The van der Waals surface area contributed by atoms with Crippen molar-refractivity contribution in [3.63, 3.8) is 0 Å². The van der Waals surface area contributed by atoms with Crippen LogP contribution in [0.2, 0.25) is 0 Å². The fourth-order valence-electron chi connectivity index (χ4n) is 3.19. The van der Waals surface area contributed by atoms with Crippen LogP contribution in [0.1, 0.15) is 40.0 Å². The first-order valence-electron chi connectivity index (χ1n) is 9.45. The summed E-state index contributed by atoms with van der Waals surface area (Å²) in [6.45, 7) is 2.28. The van der Waals surface area contributed by atoms with E-state index < -0.39 is 0 Å². The van der Waals surface area contributed by atoms with Crippen molar-refractivity contribution in [2.24, 2.45) is 0 Å². The molecule has 3 rings (SSSR count). The molecule has 5 nitrogen and oxygen atoms in total. The summed E-state index contributed by atoms with van der Waals surface area (Å²) in [5.41, 5.74) is 3.03.